The Kier molecular flexibility index (Phi) is 6.32. The molecule has 1 saturated heterocycles. The minimum atomic E-state index is -0.338. The monoisotopic (exact) mass is 373 g/mol. The van der Waals surface area contributed by atoms with Crippen molar-refractivity contribution in [2.45, 2.75) is 38.6 Å². The zero-order chi connectivity index (χ0) is 19.2. The molecule has 1 N–H and O–H groups in total. The van der Waals surface area contributed by atoms with Gasteiger partial charge >= 0.3 is 6.09 Å². The second-order valence-corrected chi connectivity index (χ2v) is 7.01. The van der Waals surface area contributed by atoms with Gasteiger partial charge in [-0.1, -0.05) is 18.9 Å². The molecule has 0 bridgehead atoms. The van der Waals surface area contributed by atoms with Crippen LogP contribution in [0, 0.1) is 0 Å². The number of nitrogens with zero attached hydrogens (tertiary/aromatic N) is 2. The molecule has 0 spiro atoms. The Bertz CT molecular complexity index is 692. The smallest absolute Gasteiger partial charge is 0.409 e. The quantitative estimate of drug-likeness (QED) is 0.878. The molecule has 0 radical (unpaired) electrons. The van der Waals surface area contributed by atoms with Crippen LogP contribution < -0.4 is 5.32 Å². The van der Waals surface area contributed by atoms with Gasteiger partial charge in [0.1, 0.15) is 0 Å². The number of amides is 3. The van der Waals surface area contributed by atoms with Gasteiger partial charge in [-0.05, 0) is 38.0 Å². The van der Waals surface area contributed by atoms with E-state index in [-0.39, 0.29) is 23.9 Å². The third-order valence-electron chi connectivity index (χ3n) is 5.15. The first-order valence-electron chi connectivity index (χ1n) is 9.70. The summed E-state index contributed by atoms with van der Waals surface area (Å²) in [6.07, 6.45) is 4.02. The van der Waals surface area contributed by atoms with Crippen LogP contribution in [-0.4, -0.2) is 66.5 Å². The van der Waals surface area contributed by atoms with E-state index in [0.717, 1.165) is 25.7 Å². The van der Waals surface area contributed by atoms with Crippen LogP contribution in [0.4, 0.5) is 4.79 Å². The van der Waals surface area contributed by atoms with Gasteiger partial charge in [0, 0.05) is 43.3 Å². The van der Waals surface area contributed by atoms with E-state index in [0.29, 0.717) is 43.9 Å². The topological polar surface area (TPSA) is 79.0 Å². The summed E-state index contributed by atoms with van der Waals surface area (Å²) in [5, 5.41) is 3.05. The number of carbonyl (C=O) groups excluding carboxylic acids is 3. The molecule has 1 aliphatic carbocycles. The Hall–Kier alpha value is -2.57. The first-order valence-corrected chi connectivity index (χ1v) is 9.70. The van der Waals surface area contributed by atoms with Crippen molar-refractivity contribution in [1.82, 2.24) is 15.1 Å². The summed E-state index contributed by atoms with van der Waals surface area (Å²) < 4.78 is 5.00. The summed E-state index contributed by atoms with van der Waals surface area (Å²) in [6.45, 7) is 3.92. The molecule has 1 saturated carbocycles. The van der Waals surface area contributed by atoms with Crippen LogP contribution in [0.1, 0.15) is 53.3 Å². The van der Waals surface area contributed by atoms with Gasteiger partial charge in [-0.3, -0.25) is 9.59 Å². The molecular weight excluding hydrogens is 346 g/mol. The maximum atomic E-state index is 12.8. The highest BCUT2D eigenvalue weighted by molar-refractivity contribution is 5.99. The molecule has 0 aromatic heterocycles. The van der Waals surface area contributed by atoms with E-state index in [2.05, 4.69) is 5.32 Å². The minimum Gasteiger partial charge on any atom is -0.450 e. The van der Waals surface area contributed by atoms with Gasteiger partial charge in [-0.2, -0.15) is 0 Å². The van der Waals surface area contributed by atoms with Crippen molar-refractivity contribution >= 4 is 17.9 Å². The van der Waals surface area contributed by atoms with Crippen molar-refractivity contribution in [3.63, 3.8) is 0 Å². The Morgan fingerprint density at radius 1 is 1.04 bits per heavy atom. The molecule has 1 heterocycles. The SMILES string of the molecule is CCOC(=O)N1CCN(C(=O)c2cccc(C(=O)NC3CCCC3)c2)CC1. The summed E-state index contributed by atoms with van der Waals surface area (Å²) in [4.78, 5) is 40.3. The molecule has 7 nitrogen and oxygen atoms in total. The largest absolute Gasteiger partial charge is 0.450 e. The summed E-state index contributed by atoms with van der Waals surface area (Å²) in [7, 11) is 0. The second-order valence-electron chi connectivity index (χ2n) is 7.01. The van der Waals surface area contributed by atoms with E-state index in [4.69, 9.17) is 4.74 Å². The van der Waals surface area contributed by atoms with Crippen LogP contribution in [-0.2, 0) is 4.74 Å². The van der Waals surface area contributed by atoms with E-state index in [1.165, 1.54) is 0 Å². The molecule has 0 unspecified atom stereocenters. The molecule has 7 heteroatoms. The van der Waals surface area contributed by atoms with E-state index < -0.39 is 0 Å². The number of benzene rings is 1. The molecule has 1 aromatic carbocycles. The lowest BCUT2D eigenvalue weighted by Gasteiger charge is -2.34. The number of hydrogen-bond acceptors (Lipinski definition) is 4. The maximum Gasteiger partial charge on any atom is 0.409 e. The van der Waals surface area contributed by atoms with Crippen molar-refractivity contribution in [1.29, 1.82) is 0 Å². The standard InChI is InChI=1S/C20H27N3O4/c1-2-27-20(26)23-12-10-22(11-13-23)19(25)16-7-5-6-15(14-16)18(24)21-17-8-3-4-9-17/h5-7,14,17H,2-4,8-13H2,1H3,(H,21,24). The van der Waals surface area contributed by atoms with E-state index in [1.54, 1.807) is 41.0 Å². The molecule has 2 aliphatic rings. The summed E-state index contributed by atoms with van der Waals surface area (Å²) in [5.41, 5.74) is 1.01. The second kappa shape index (κ2) is 8.88. The van der Waals surface area contributed by atoms with Crippen LogP contribution in [0.25, 0.3) is 0 Å². The first kappa shape index (κ1) is 19.2. The van der Waals surface area contributed by atoms with E-state index >= 15 is 0 Å². The van der Waals surface area contributed by atoms with Gasteiger partial charge in [0.2, 0.25) is 0 Å². The summed E-state index contributed by atoms with van der Waals surface area (Å²) in [5.74, 6) is -0.238. The molecule has 3 rings (SSSR count). The van der Waals surface area contributed by atoms with Crippen molar-refractivity contribution < 1.29 is 19.1 Å². The highest BCUT2D eigenvalue weighted by Crippen LogP contribution is 2.18. The molecule has 27 heavy (non-hydrogen) atoms. The van der Waals surface area contributed by atoms with Gasteiger partial charge < -0.3 is 19.9 Å². The Balaban J connectivity index is 1.59. The predicted octanol–water partition coefficient (Wildman–Crippen LogP) is 2.27. The van der Waals surface area contributed by atoms with Gasteiger partial charge in [0.15, 0.2) is 0 Å². The van der Waals surface area contributed by atoms with Crippen LogP contribution in [0.5, 0.6) is 0 Å². The highest BCUT2D eigenvalue weighted by Gasteiger charge is 2.26. The zero-order valence-corrected chi connectivity index (χ0v) is 15.8. The van der Waals surface area contributed by atoms with Gasteiger partial charge in [-0.15, -0.1) is 0 Å². The molecule has 1 aromatic rings. The van der Waals surface area contributed by atoms with Crippen LogP contribution in [0.15, 0.2) is 24.3 Å². The molecule has 146 valence electrons. The number of carbonyl (C=O) groups is 3. The first-order chi connectivity index (χ1) is 13.1. The fourth-order valence-corrected chi connectivity index (χ4v) is 3.62. The van der Waals surface area contributed by atoms with Crippen LogP contribution in [0.2, 0.25) is 0 Å². The Morgan fingerprint density at radius 2 is 1.67 bits per heavy atom. The summed E-state index contributed by atoms with van der Waals surface area (Å²) in [6, 6.07) is 7.11. The third kappa shape index (κ3) is 4.78. The van der Waals surface area contributed by atoms with Gasteiger partial charge in [0.05, 0.1) is 6.61 Å². The number of piperazine rings is 1. The molecule has 3 amide bonds. The lowest BCUT2D eigenvalue weighted by molar-refractivity contribution is 0.0570. The van der Waals surface area contributed by atoms with Crippen molar-refractivity contribution in [2.24, 2.45) is 0 Å². The van der Waals surface area contributed by atoms with Crippen LogP contribution >= 0.6 is 0 Å². The number of rotatable bonds is 4. The number of nitrogens with one attached hydrogen (secondary N) is 1. The van der Waals surface area contributed by atoms with Crippen LogP contribution in [0.3, 0.4) is 0 Å². The fraction of sp³-hybridized carbons (Fsp3) is 0.550. The normalized spacial score (nSPS) is 17.7. The van der Waals surface area contributed by atoms with Crippen molar-refractivity contribution in [3.05, 3.63) is 35.4 Å². The fourth-order valence-electron chi connectivity index (χ4n) is 3.62. The molecule has 1 aliphatic heterocycles. The van der Waals surface area contributed by atoms with Crippen molar-refractivity contribution in [2.75, 3.05) is 32.8 Å². The van der Waals surface area contributed by atoms with Crippen molar-refractivity contribution in [3.8, 4) is 0 Å². The molecular formula is C20H27N3O4. The lowest BCUT2D eigenvalue weighted by atomic mass is 10.1. The Labute approximate surface area is 159 Å². The highest BCUT2D eigenvalue weighted by atomic mass is 16.6. The Morgan fingerprint density at radius 3 is 2.33 bits per heavy atom. The number of ether oxygens (including phenoxy) is 1. The average Bonchev–Trinajstić information content (AvgIpc) is 3.21. The van der Waals surface area contributed by atoms with E-state index in [9.17, 15) is 14.4 Å². The minimum absolute atomic E-state index is 0.117. The predicted molar refractivity (Wildman–Crippen MR) is 101 cm³/mol. The lowest BCUT2D eigenvalue weighted by Crippen LogP contribution is -2.50. The van der Waals surface area contributed by atoms with Gasteiger partial charge in [0.25, 0.3) is 11.8 Å². The average molecular weight is 373 g/mol. The van der Waals surface area contributed by atoms with Gasteiger partial charge in [-0.25, -0.2) is 4.79 Å². The maximum absolute atomic E-state index is 12.8. The molecule has 2 fully saturated rings. The van der Waals surface area contributed by atoms with E-state index in [1.807, 2.05) is 0 Å². The summed E-state index contributed by atoms with van der Waals surface area (Å²) >= 11 is 0. The zero-order valence-electron chi connectivity index (χ0n) is 15.8. The molecule has 0 atom stereocenters. The third-order valence-corrected chi connectivity index (χ3v) is 5.15. The number of hydrogen-bond donors (Lipinski definition) is 1.